The smallest absolute Gasteiger partial charge is 0.270 e. The zero-order chi connectivity index (χ0) is 18.0. The molecule has 0 saturated carbocycles. The SMILES string of the molecule is CC(C)c1cc(C(=O)N[C@H](Cn2ccnc2)C(C)C)nc2ncnn12. The van der Waals surface area contributed by atoms with Crippen LogP contribution in [-0.2, 0) is 6.54 Å². The molecule has 0 saturated heterocycles. The Labute approximate surface area is 146 Å². The molecule has 0 radical (unpaired) electrons. The largest absolute Gasteiger partial charge is 0.346 e. The highest BCUT2D eigenvalue weighted by atomic mass is 16.2. The molecule has 1 N–H and O–H groups in total. The van der Waals surface area contributed by atoms with Gasteiger partial charge in [-0.15, -0.1) is 0 Å². The fourth-order valence-corrected chi connectivity index (χ4v) is 2.65. The highest BCUT2D eigenvalue weighted by molar-refractivity contribution is 5.93. The molecule has 0 aliphatic rings. The number of nitrogens with zero attached hydrogens (tertiary/aromatic N) is 6. The molecule has 3 rings (SSSR count). The molecular formula is C17H23N7O. The quantitative estimate of drug-likeness (QED) is 0.739. The summed E-state index contributed by atoms with van der Waals surface area (Å²) >= 11 is 0. The van der Waals surface area contributed by atoms with Gasteiger partial charge < -0.3 is 9.88 Å². The van der Waals surface area contributed by atoms with Gasteiger partial charge in [0.05, 0.1) is 12.0 Å². The number of amides is 1. The third-order valence-electron chi connectivity index (χ3n) is 4.19. The van der Waals surface area contributed by atoms with Crippen LogP contribution >= 0.6 is 0 Å². The van der Waals surface area contributed by atoms with Gasteiger partial charge in [0.1, 0.15) is 12.0 Å². The second kappa shape index (κ2) is 7.00. The topological polar surface area (TPSA) is 90.0 Å². The van der Waals surface area contributed by atoms with Crippen molar-refractivity contribution in [2.45, 2.75) is 46.2 Å². The molecule has 3 heterocycles. The van der Waals surface area contributed by atoms with Gasteiger partial charge in [0.15, 0.2) is 0 Å². The van der Waals surface area contributed by atoms with Crippen molar-refractivity contribution in [3.63, 3.8) is 0 Å². The van der Waals surface area contributed by atoms with E-state index in [4.69, 9.17) is 0 Å². The maximum absolute atomic E-state index is 12.8. The molecule has 25 heavy (non-hydrogen) atoms. The Kier molecular flexibility index (Phi) is 4.78. The van der Waals surface area contributed by atoms with E-state index in [0.29, 0.717) is 18.0 Å². The van der Waals surface area contributed by atoms with Crippen LogP contribution in [0.3, 0.4) is 0 Å². The minimum Gasteiger partial charge on any atom is -0.346 e. The van der Waals surface area contributed by atoms with Crippen molar-refractivity contribution in [2.75, 3.05) is 0 Å². The van der Waals surface area contributed by atoms with Crippen molar-refractivity contribution >= 4 is 11.7 Å². The van der Waals surface area contributed by atoms with Crippen LogP contribution in [0.25, 0.3) is 5.78 Å². The standard InChI is InChI=1S/C17H23N7O/c1-11(2)14(8-23-6-5-18-10-23)21-16(25)13-7-15(12(3)4)24-17(22-13)19-9-20-24/h5-7,9-12,14H,8H2,1-4H3,(H,21,25)/t14-/m1/s1. The van der Waals surface area contributed by atoms with Crippen molar-refractivity contribution in [2.24, 2.45) is 5.92 Å². The molecule has 0 spiro atoms. The molecule has 0 unspecified atom stereocenters. The highest BCUT2D eigenvalue weighted by Crippen LogP contribution is 2.16. The number of imidazole rings is 1. The van der Waals surface area contributed by atoms with Crippen LogP contribution in [0.5, 0.6) is 0 Å². The normalized spacial score (nSPS) is 12.9. The predicted molar refractivity (Wildman–Crippen MR) is 93.2 cm³/mol. The summed E-state index contributed by atoms with van der Waals surface area (Å²) in [6, 6.07) is 1.76. The number of rotatable bonds is 6. The van der Waals surface area contributed by atoms with Gasteiger partial charge >= 0.3 is 0 Å². The van der Waals surface area contributed by atoms with E-state index < -0.39 is 0 Å². The Hall–Kier alpha value is -2.77. The van der Waals surface area contributed by atoms with Gasteiger partial charge in [0.25, 0.3) is 11.7 Å². The van der Waals surface area contributed by atoms with E-state index in [-0.39, 0.29) is 23.8 Å². The van der Waals surface area contributed by atoms with Crippen molar-refractivity contribution in [3.8, 4) is 0 Å². The lowest BCUT2D eigenvalue weighted by molar-refractivity contribution is 0.0915. The first kappa shape index (κ1) is 17.1. The third-order valence-corrected chi connectivity index (χ3v) is 4.19. The van der Waals surface area contributed by atoms with E-state index in [2.05, 4.69) is 39.2 Å². The van der Waals surface area contributed by atoms with E-state index in [1.54, 1.807) is 23.1 Å². The number of hydrogen-bond acceptors (Lipinski definition) is 5. The number of carbonyl (C=O) groups excluding carboxylic acids is 1. The first-order valence-corrected chi connectivity index (χ1v) is 8.43. The molecule has 3 aromatic rings. The molecule has 0 aliphatic heterocycles. The number of hydrogen-bond donors (Lipinski definition) is 1. The summed E-state index contributed by atoms with van der Waals surface area (Å²) in [7, 11) is 0. The average molecular weight is 341 g/mol. The van der Waals surface area contributed by atoms with Gasteiger partial charge in [-0.05, 0) is 17.9 Å². The molecule has 3 aromatic heterocycles. The maximum Gasteiger partial charge on any atom is 0.270 e. The van der Waals surface area contributed by atoms with Crippen LogP contribution < -0.4 is 5.32 Å². The molecule has 0 aliphatic carbocycles. The monoisotopic (exact) mass is 341 g/mol. The van der Waals surface area contributed by atoms with Crippen molar-refractivity contribution in [3.05, 3.63) is 42.5 Å². The summed E-state index contributed by atoms with van der Waals surface area (Å²) in [6.07, 6.45) is 6.82. The van der Waals surface area contributed by atoms with E-state index in [1.807, 2.05) is 24.6 Å². The van der Waals surface area contributed by atoms with Crippen LogP contribution in [0.2, 0.25) is 0 Å². The molecular weight excluding hydrogens is 318 g/mol. The molecule has 1 amide bonds. The molecule has 0 fully saturated rings. The molecule has 8 nitrogen and oxygen atoms in total. The number of carbonyl (C=O) groups is 1. The highest BCUT2D eigenvalue weighted by Gasteiger charge is 2.20. The van der Waals surface area contributed by atoms with Gasteiger partial charge in [-0.3, -0.25) is 4.79 Å². The Morgan fingerprint density at radius 3 is 2.72 bits per heavy atom. The van der Waals surface area contributed by atoms with E-state index in [9.17, 15) is 4.79 Å². The fraction of sp³-hybridized carbons (Fsp3) is 0.471. The Morgan fingerprint density at radius 1 is 1.28 bits per heavy atom. The molecule has 8 heteroatoms. The first-order chi connectivity index (χ1) is 12.0. The lowest BCUT2D eigenvalue weighted by atomic mass is 10.0. The molecule has 132 valence electrons. The van der Waals surface area contributed by atoms with Crippen LogP contribution in [0.1, 0.15) is 49.8 Å². The minimum atomic E-state index is -0.203. The molecule has 1 atom stereocenters. The second-order valence-corrected chi connectivity index (χ2v) is 6.78. The van der Waals surface area contributed by atoms with Gasteiger partial charge in [-0.2, -0.15) is 10.1 Å². The Balaban J connectivity index is 1.85. The van der Waals surface area contributed by atoms with Crippen LogP contribution in [0.15, 0.2) is 31.1 Å². The zero-order valence-electron chi connectivity index (χ0n) is 14.9. The van der Waals surface area contributed by atoms with Crippen molar-refractivity contribution in [1.29, 1.82) is 0 Å². The maximum atomic E-state index is 12.8. The van der Waals surface area contributed by atoms with Gasteiger partial charge in [-0.25, -0.2) is 14.5 Å². The number of aromatic nitrogens is 6. The van der Waals surface area contributed by atoms with Crippen molar-refractivity contribution < 1.29 is 4.79 Å². The van der Waals surface area contributed by atoms with Gasteiger partial charge in [-0.1, -0.05) is 27.7 Å². The minimum absolute atomic E-state index is 0.0277. The van der Waals surface area contributed by atoms with Crippen molar-refractivity contribution in [1.82, 2.24) is 34.4 Å². The third kappa shape index (κ3) is 3.67. The Bertz CT molecular complexity index is 851. The average Bonchev–Trinajstić information content (AvgIpc) is 3.23. The molecule has 0 bridgehead atoms. The lowest BCUT2D eigenvalue weighted by Gasteiger charge is -2.23. The fourth-order valence-electron chi connectivity index (χ4n) is 2.65. The number of nitrogens with one attached hydrogen (secondary N) is 1. The first-order valence-electron chi connectivity index (χ1n) is 8.43. The van der Waals surface area contributed by atoms with E-state index >= 15 is 0 Å². The van der Waals surface area contributed by atoms with Gasteiger partial charge in [0, 0.05) is 25.0 Å². The summed E-state index contributed by atoms with van der Waals surface area (Å²) < 4.78 is 3.63. The van der Waals surface area contributed by atoms with E-state index in [0.717, 1.165) is 5.69 Å². The molecule has 0 aromatic carbocycles. The second-order valence-electron chi connectivity index (χ2n) is 6.78. The summed E-state index contributed by atoms with van der Waals surface area (Å²) in [4.78, 5) is 25.3. The predicted octanol–water partition coefficient (Wildman–Crippen LogP) is 1.90. The van der Waals surface area contributed by atoms with Crippen LogP contribution in [-0.4, -0.2) is 41.1 Å². The summed E-state index contributed by atoms with van der Waals surface area (Å²) in [5.41, 5.74) is 1.27. The van der Waals surface area contributed by atoms with Crippen LogP contribution in [0, 0.1) is 5.92 Å². The lowest BCUT2D eigenvalue weighted by Crippen LogP contribution is -2.41. The van der Waals surface area contributed by atoms with Crippen LogP contribution in [0.4, 0.5) is 0 Å². The Morgan fingerprint density at radius 2 is 2.08 bits per heavy atom. The summed E-state index contributed by atoms with van der Waals surface area (Å²) in [5.74, 6) is 0.705. The zero-order valence-corrected chi connectivity index (χ0v) is 14.9. The summed E-state index contributed by atoms with van der Waals surface area (Å²) in [6.45, 7) is 8.92. The summed E-state index contributed by atoms with van der Waals surface area (Å²) in [5, 5.41) is 7.27. The number of fused-ring (bicyclic) bond motifs is 1. The van der Waals surface area contributed by atoms with Gasteiger partial charge in [0.2, 0.25) is 0 Å². The van der Waals surface area contributed by atoms with E-state index in [1.165, 1.54) is 6.33 Å².